The highest BCUT2D eigenvalue weighted by atomic mass is 15.5. The molecule has 0 aliphatic rings. The summed E-state index contributed by atoms with van der Waals surface area (Å²) >= 11 is 0. The molecule has 2 rings (SSSR count). The van der Waals surface area contributed by atoms with Crippen molar-refractivity contribution in [2.45, 2.75) is 32.6 Å². The zero-order valence-corrected chi connectivity index (χ0v) is 10.7. The minimum absolute atomic E-state index is 0.551. The normalized spacial score (nSPS) is 10.8. The maximum Gasteiger partial charge on any atom is 0.157 e. The molecule has 0 spiro atoms. The fraction of sp³-hybridized carbons (Fsp3) is 0.462. The maximum absolute atomic E-state index is 5.54. The van der Waals surface area contributed by atoms with Gasteiger partial charge in [-0.25, -0.2) is 0 Å². The molecular weight excluding hydrogens is 226 g/mol. The number of benzene rings is 1. The van der Waals surface area contributed by atoms with Crippen molar-refractivity contribution in [1.29, 1.82) is 0 Å². The first kappa shape index (κ1) is 12.7. The van der Waals surface area contributed by atoms with Crippen LogP contribution < -0.4 is 5.73 Å². The van der Waals surface area contributed by atoms with Crippen molar-refractivity contribution in [3.05, 3.63) is 35.7 Å². The number of nitrogens with two attached hydrogens (primary N) is 1. The first-order valence-corrected chi connectivity index (χ1v) is 6.41. The summed E-state index contributed by atoms with van der Waals surface area (Å²) in [5, 5.41) is 11.7. The number of rotatable bonds is 6. The van der Waals surface area contributed by atoms with E-state index in [1.54, 1.807) is 4.68 Å². The highest BCUT2D eigenvalue weighted by Gasteiger charge is 2.06. The van der Waals surface area contributed by atoms with Gasteiger partial charge in [-0.05, 0) is 47.5 Å². The Hall–Kier alpha value is -1.75. The van der Waals surface area contributed by atoms with E-state index in [-0.39, 0.29) is 0 Å². The Morgan fingerprint density at radius 2 is 1.94 bits per heavy atom. The van der Waals surface area contributed by atoms with Gasteiger partial charge >= 0.3 is 0 Å². The molecular formula is C13H19N5. The summed E-state index contributed by atoms with van der Waals surface area (Å²) < 4.78 is 1.75. The minimum Gasteiger partial charge on any atom is -0.330 e. The van der Waals surface area contributed by atoms with Crippen LogP contribution in [-0.2, 0) is 12.8 Å². The van der Waals surface area contributed by atoms with Gasteiger partial charge in [-0.2, -0.15) is 4.68 Å². The zero-order valence-electron chi connectivity index (χ0n) is 10.7. The van der Waals surface area contributed by atoms with Gasteiger partial charge in [0.25, 0.3) is 0 Å². The lowest BCUT2D eigenvalue weighted by molar-refractivity contribution is 0.753. The summed E-state index contributed by atoms with van der Waals surface area (Å²) in [6, 6.07) is 8.39. The Labute approximate surface area is 107 Å². The van der Waals surface area contributed by atoms with E-state index in [9.17, 15) is 0 Å². The number of tetrazole rings is 1. The van der Waals surface area contributed by atoms with E-state index in [0.717, 1.165) is 17.9 Å². The van der Waals surface area contributed by atoms with Crippen LogP contribution in [0.4, 0.5) is 0 Å². The van der Waals surface area contributed by atoms with Gasteiger partial charge in [-0.1, -0.05) is 25.5 Å². The fourth-order valence-corrected chi connectivity index (χ4v) is 1.88. The Kier molecular flexibility index (Phi) is 4.41. The molecule has 96 valence electrons. The first-order chi connectivity index (χ1) is 8.85. The molecule has 0 saturated carbocycles. The van der Waals surface area contributed by atoms with Crippen molar-refractivity contribution < 1.29 is 0 Å². The Balaban J connectivity index is 2.15. The van der Waals surface area contributed by atoms with Crippen molar-refractivity contribution in [3.8, 4) is 5.69 Å². The summed E-state index contributed by atoms with van der Waals surface area (Å²) in [5.74, 6) is 0.804. The van der Waals surface area contributed by atoms with E-state index >= 15 is 0 Å². The largest absolute Gasteiger partial charge is 0.330 e. The number of nitrogens with zero attached hydrogens (tertiary/aromatic N) is 4. The highest BCUT2D eigenvalue weighted by molar-refractivity contribution is 5.34. The van der Waals surface area contributed by atoms with Crippen LogP contribution in [0.15, 0.2) is 24.3 Å². The van der Waals surface area contributed by atoms with Crippen LogP contribution in [0.1, 0.15) is 31.2 Å². The molecule has 18 heavy (non-hydrogen) atoms. The average Bonchev–Trinajstić information content (AvgIpc) is 2.86. The summed E-state index contributed by atoms with van der Waals surface area (Å²) in [7, 11) is 0. The third-order valence-corrected chi connectivity index (χ3v) is 2.90. The van der Waals surface area contributed by atoms with E-state index < -0.39 is 0 Å². The topological polar surface area (TPSA) is 69.6 Å². The van der Waals surface area contributed by atoms with Crippen molar-refractivity contribution in [2.24, 2.45) is 5.73 Å². The standard InChI is InChI=1S/C13H19N5/c1-2-3-4-11-5-7-12(8-6-11)18-13(9-10-14)15-16-17-18/h5-8H,2-4,9-10,14H2,1H3. The van der Waals surface area contributed by atoms with Gasteiger partial charge in [0, 0.05) is 6.42 Å². The molecule has 1 aromatic carbocycles. The fourth-order valence-electron chi connectivity index (χ4n) is 1.88. The highest BCUT2D eigenvalue weighted by Crippen LogP contribution is 2.12. The second kappa shape index (κ2) is 6.26. The van der Waals surface area contributed by atoms with Crippen molar-refractivity contribution in [2.75, 3.05) is 6.54 Å². The van der Waals surface area contributed by atoms with Crippen LogP contribution in [0.3, 0.4) is 0 Å². The van der Waals surface area contributed by atoms with Crippen LogP contribution in [0.2, 0.25) is 0 Å². The molecule has 2 aromatic rings. The van der Waals surface area contributed by atoms with Gasteiger partial charge in [0.2, 0.25) is 0 Å². The third-order valence-electron chi connectivity index (χ3n) is 2.90. The molecule has 0 atom stereocenters. The smallest absolute Gasteiger partial charge is 0.157 e. The minimum atomic E-state index is 0.551. The quantitative estimate of drug-likeness (QED) is 0.837. The molecule has 2 N–H and O–H groups in total. The van der Waals surface area contributed by atoms with Crippen molar-refractivity contribution in [1.82, 2.24) is 20.2 Å². The third kappa shape index (κ3) is 2.92. The van der Waals surface area contributed by atoms with Crippen LogP contribution in [0, 0.1) is 0 Å². The molecule has 0 amide bonds. The Morgan fingerprint density at radius 3 is 2.61 bits per heavy atom. The van der Waals surface area contributed by atoms with Gasteiger partial charge in [0.05, 0.1) is 5.69 Å². The van der Waals surface area contributed by atoms with Crippen molar-refractivity contribution >= 4 is 0 Å². The van der Waals surface area contributed by atoms with E-state index in [1.165, 1.54) is 18.4 Å². The van der Waals surface area contributed by atoms with Gasteiger partial charge in [-0.15, -0.1) is 5.10 Å². The van der Waals surface area contributed by atoms with E-state index in [2.05, 4.69) is 46.7 Å². The SMILES string of the molecule is CCCCc1ccc(-n2nnnc2CCN)cc1. The molecule has 5 heteroatoms. The molecule has 0 aliphatic heterocycles. The number of hydrogen-bond acceptors (Lipinski definition) is 4. The monoisotopic (exact) mass is 245 g/mol. The maximum atomic E-state index is 5.54. The number of aromatic nitrogens is 4. The summed E-state index contributed by atoms with van der Waals surface area (Å²) in [5.41, 5.74) is 7.88. The van der Waals surface area contributed by atoms with E-state index in [0.29, 0.717) is 13.0 Å². The van der Waals surface area contributed by atoms with Crippen LogP contribution >= 0.6 is 0 Å². The predicted octanol–water partition coefficient (Wildman–Crippen LogP) is 1.51. The Morgan fingerprint density at radius 1 is 1.17 bits per heavy atom. The molecule has 0 unspecified atom stereocenters. The lowest BCUT2D eigenvalue weighted by atomic mass is 10.1. The average molecular weight is 245 g/mol. The second-order valence-corrected chi connectivity index (χ2v) is 4.32. The molecule has 5 nitrogen and oxygen atoms in total. The van der Waals surface area contributed by atoms with Crippen LogP contribution in [0.25, 0.3) is 5.69 Å². The number of unbranched alkanes of at least 4 members (excludes halogenated alkanes) is 1. The van der Waals surface area contributed by atoms with E-state index in [4.69, 9.17) is 5.73 Å². The van der Waals surface area contributed by atoms with Crippen LogP contribution in [0.5, 0.6) is 0 Å². The molecule has 0 fully saturated rings. The van der Waals surface area contributed by atoms with E-state index in [1.807, 2.05) is 0 Å². The molecule has 1 heterocycles. The first-order valence-electron chi connectivity index (χ1n) is 6.41. The number of aryl methyl sites for hydroxylation is 1. The summed E-state index contributed by atoms with van der Waals surface area (Å²) in [6.45, 7) is 2.75. The molecule has 1 aromatic heterocycles. The van der Waals surface area contributed by atoms with Gasteiger partial charge in [-0.3, -0.25) is 0 Å². The zero-order chi connectivity index (χ0) is 12.8. The molecule has 0 saturated heterocycles. The lowest BCUT2D eigenvalue weighted by Gasteiger charge is -2.05. The molecule has 0 aliphatic carbocycles. The Bertz CT molecular complexity index is 474. The van der Waals surface area contributed by atoms with Crippen LogP contribution in [-0.4, -0.2) is 26.8 Å². The predicted molar refractivity (Wildman–Crippen MR) is 70.5 cm³/mol. The number of hydrogen-bond donors (Lipinski definition) is 1. The molecule has 0 radical (unpaired) electrons. The van der Waals surface area contributed by atoms with Crippen molar-refractivity contribution in [3.63, 3.8) is 0 Å². The lowest BCUT2D eigenvalue weighted by Crippen LogP contribution is -2.09. The summed E-state index contributed by atoms with van der Waals surface area (Å²) in [6.07, 6.45) is 4.25. The van der Waals surface area contributed by atoms with Gasteiger partial charge in [0.15, 0.2) is 5.82 Å². The molecule has 0 bridgehead atoms. The van der Waals surface area contributed by atoms with Gasteiger partial charge in [0.1, 0.15) is 0 Å². The summed E-state index contributed by atoms with van der Waals surface area (Å²) in [4.78, 5) is 0. The van der Waals surface area contributed by atoms with Gasteiger partial charge < -0.3 is 5.73 Å². The second-order valence-electron chi connectivity index (χ2n) is 4.32.